The molecule has 0 spiro atoms. The van der Waals surface area contributed by atoms with E-state index in [2.05, 4.69) is 4.98 Å². The Kier molecular flexibility index (Phi) is 8.72. The summed E-state index contributed by atoms with van der Waals surface area (Å²) in [4.78, 5) is 36.1. The molecule has 9 nitrogen and oxygen atoms in total. The number of carbonyl (C=O) groups is 2. The van der Waals surface area contributed by atoms with Gasteiger partial charge in [0.05, 0.1) is 5.69 Å². The maximum atomic E-state index is 14.1. The first-order chi connectivity index (χ1) is 22.5. The molecule has 2 aromatic carbocycles. The summed E-state index contributed by atoms with van der Waals surface area (Å²) in [6, 6.07) is 15.8. The van der Waals surface area contributed by atoms with Gasteiger partial charge in [0.25, 0.3) is 0 Å². The average Bonchev–Trinajstić information content (AvgIpc) is 3.46. The summed E-state index contributed by atoms with van der Waals surface area (Å²) in [5.41, 5.74) is 9.86. The zero-order chi connectivity index (χ0) is 33.3. The number of ether oxygens (including phenoxy) is 1. The molecule has 2 N–H and O–H groups in total. The molecule has 2 amide bonds. The van der Waals surface area contributed by atoms with Crippen LogP contribution in [-0.2, 0) is 16.1 Å². The minimum atomic E-state index is -0.668. The first-order valence-corrected chi connectivity index (χ1v) is 15.6. The fourth-order valence-corrected chi connectivity index (χ4v) is 6.16. The van der Waals surface area contributed by atoms with E-state index in [4.69, 9.17) is 20.6 Å². The molecule has 5 aromatic rings. The van der Waals surface area contributed by atoms with E-state index in [1.165, 1.54) is 24.3 Å². The molecule has 0 saturated carbocycles. The number of piperidine rings is 1. The van der Waals surface area contributed by atoms with Gasteiger partial charge in [-0.25, -0.2) is 18.6 Å². The van der Waals surface area contributed by atoms with E-state index < -0.39 is 11.7 Å². The van der Waals surface area contributed by atoms with Crippen molar-refractivity contribution < 1.29 is 23.1 Å². The molecule has 6 rings (SSSR count). The van der Waals surface area contributed by atoms with E-state index in [0.717, 1.165) is 27.6 Å². The smallest absolute Gasteiger partial charge is 0.410 e. The van der Waals surface area contributed by atoms with Crippen LogP contribution in [0.15, 0.2) is 79.3 Å². The second-order valence-electron chi connectivity index (χ2n) is 12.8. The largest absolute Gasteiger partial charge is 0.444 e. The van der Waals surface area contributed by atoms with Crippen molar-refractivity contribution in [3.05, 3.63) is 90.9 Å². The molecule has 0 radical (unpaired) electrons. The van der Waals surface area contributed by atoms with Crippen molar-refractivity contribution in [2.24, 2.45) is 11.7 Å². The summed E-state index contributed by atoms with van der Waals surface area (Å²) in [5.74, 6) is -1.46. The Balaban J connectivity index is 1.45. The van der Waals surface area contributed by atoms with Gasteiger partial charge in [0.15, 0.2) is 5.65 Å². The third-order valence-corrected chi connectivity index (χ3v) is 8.37. The Morgan fingerprint density at radius 1 is 0.915 bits per heavy atom. The number of aromatic nitrogens is 4. The monoisotopic (exact) mass is 638 g/mol. The van der Waals surface area contributed by atoms with E-state index >= 15 is 0 Å². The molecule has 3 aromatic heterocycles. The Hall–Kier alpha value is -5.19. The van der Waals surface area contributed by atoms with E-state index in [1.54, 1.807) is 46.2 Å². The number of nitrogens with zero attached hydrogens (tertiary/aromatic N) is 5. The molecule has 1 aliphatic heterocycles. The molecule has 2 atom stereocenters. The summed E-state index contributed by atoms with van der Waals surface area (Å²) in [7, 11) is 0. The number of halogens is 2. The van der Waals surface area contributed by atoms with Crippen LogP contribution in [0.4, 0.5) is 13.6 Å². The minimum Gasteiger partial charge on any atom is -0.444 e. The lowest BCUT2D eigenvalue weighted by molar-refractivity contribution is -0.124. The number of carbonyl (C=O) groups excluding carboxylic acids is 2. The van der Waals surface area contributed by atoms with E-state index in [0.29, 0.717) is 49.3 Å². The van der Waals surface area contributed by atoms with Gasteiger partial charge in [-0.15, -0.1) is 0 Å². The molecular weight excluding hydrogens is 602 g/mol. The maximum Gasteiger partial charge on any atom is 0.410 e. The van der Waals surface area contributed by atoms with Gasteiger partial charge < -0.3 is 15.4 Å². The molecule has 1 saturated heterocycles. The average molecular weight is 639 g/mol. The predicted octanol–water partition coefficient (Wildman–Crippen LogP) is 7.00. The highest BCUT2D eigenvalue weighted by atomic mass is 19.1. The fraction of sp³-hybridized carbons (Fsp3) is 0.306. The van der Waals surface area contributed by atoms with Gasteiger partial charge >= 0.3 is 6.09 Å². The molecule has 1 fully saturated rings. The minimum absolute atomic E-state index is 0.296. The van der Waals surface area contributed by atoms with E-state index in [9.17, 15) is 18.4 Å². The van der Waals surface area contributed by atoms with Crippen molar-refractivity contribution in [2.75, 3.05) is 6.54 Å². The van der Waals surface area contributed by atoms with Gasteiger partial charge in [0.1, 0.15) is 17.2 Å². The standard InChI is InChI=1S/C36H36F2N6O3/c1-36(2,3)47-35(46)44-19-14-25(33(39)45)20-28(44)15-18-43-21-29-30(22-4-8-26(37)9-5-22)31(23-12-16-40-17-13-23)32(41-34(29)42-43)24-6-10-27(38)11-7-24/h4-13,16-17,21,25,28H,14-15,18-20H2,1-3H3,(H2,39,45). The second kappa shape index (κ2) is 12.9. The zero-order valence-corrected chi connectivity index (χ0v) is 26.5. The van der Waals surface area contributed by atoms with Gasteiger partial charge in [-0.1, -0.05) is 12.1 Å². The number of pyridine rings is 2. The first-order valence-electron chi connectivity index (χ1n) is 15.6. The lowest BCUT2D eigenvalue weighted by atomic mass is 9.89. The predicted molar refractivity (Wildman–Crippen MR) is 175 cm³/mol. The van der Waals surface area contributed by atoms with Gasteiger partial charge in [0, 0.05) is 65.7 Å². The Morgan fingerprint density at radius 3 is 2.15 bits per heavy atom. The summed E-state index contributed by atoms with van der Waals surface area (Å²) >= 11 is 0. The van der Waals surface area contributed by atoms with Crippen LogP contribution in [-0.4, -0.2) is 54.8 Å². The van der Waals surface area contributed by atoms with Gasteiger partial charge in [-0.05, 0) is 99.7 Å². The van der Waals surface area contributed by atoms with Crippen molar-refractivity contribution in [1.82, 2.24) is 24.6 Å². The number of fused-ring (bicyclic) bond motifs is 1. The van der Waals surface area contributed by atoms with Crippen molar-refractivity contribution in [3.63, 3.8) is 0 Å². The Morgan fingerprint density at radius 2 is 1.53 bits per heavy atom. The summed E-state index contributed by atoms with van der Waals surface area (Å²) in [6.45, 7) is 6.22. The Bertz CT molecular complexity index is 1900. The molecule has 1 aliphatic rings. The number of benzene rings is 2. The third-order valence-electron chi connectivity index (χ3n) is 8.37. The molecule has 4 heterocycles. The van der Waals surface area contributed by atoms with Crippen molar-refractivity contribution in [3.8, 4) is 33.5 Å². The molecule has 242 valence electrons. The van der Waals surface area contributed by atoms with Crippen molar-refractivity contribution in [2.45, 2.75) is 58.2 Å². The van der Waals surface area contributed by atoms with Crippen LogP contribution in [0.5, 0.6) is 0 Å². The van der Waals surface area contributed by atoms with Gasteiger partial charge in [-0.2, -0.15) is 5.10 Å². The number of amides is 2. The number of nitrogens with two attached hydrogens (primary N) is 1. The number of primary amides is 1. The van der Waals surface area contributed by atoms with Gasteiger partial charge in [0.2, 0.25) is 5.91 Å². The van der Waals surface area contributed by atoms with Crippen LogP contribution in [0.2, 0.25) is 0 Å². The molecule has 11 heteroatoms. The second-order valence-corrected chi connectivity index (χ2v) is 12.8. The van der Waals surface area contributed by atoms with Crippen molar-refractivity contribution in [1.29, 1.82) is 0 Å². The number of rotatable bonds is 7. The van der Waals surface area contributed by atoms with Crippen LogP contribution < -0.4 is 5.73 Å². The molecule has 47 heavy (non-hydrogen) atoms. The van der Waals surface area contributed by atoms with Crippen LogP contribution in [0.3, 0.4) is 0 Å². The zero-order valence-electron chi connectivity index (χ0n) is 26.5. The van der Waals surface area contributed by atoms with Crippen molar-refractivity contribution >= 4 is 23.0 Å². The number of aryl methyl sites for hydroxylation is 1. The van der Waals surface area contributed by atoms with E-state index in [-0.39, 0.29) is 29.5 Å². The normalized spacial score (nSPS) is 16.7. The van der Waals surface area contributed by atoms with Crippen LogP contribution in [0.25, 0.3) is 44.5 Å². The molecule has 0 aliphatic carbocycles. The lowest BCUT2D eigenvalue weighted by Crippen LogP contribution is -2.50. The van der Waals surface area contributed by atoms with Crippen LogP contribution in [0.1, 0.15) is 40.0 Å². The number of hydrogen-bond acceptors (Lipinski definition) is 6. The van der Waals surface area contributed by atoms with Crippen LogP contribution >= 0.6 is 0 Å². The number of hydrogen-bond donors (Lipinski definition) is 1. The maximum absolute atomic E-state index is 14.1. The molecule has 2 unspecified atom stereocenters. The summed E-state index contributed by atoms with van der Waals surface area (Å²) < 4.78 is 35.6. The highest BCUT2D eigenvalue weighted by molar-refractivity contribution is 6.05. The topological polar surface area (TPSA) is 116 Å². The Labute approximate surface area is 271 Å². The highest BCUT2D eigenvalue weighted by Gasteiger charge is 2.36. The first kappa shape index (κ1) is 31.8. The lowest BCUT2D eigenvalue weighted by Gasteiger charge is -2.39. The highest BCUT2D eigenvalue weighted by Crippen LogP contribution is 2.43. The summed E-state index contributed by atoms with van der Waals surface area (Å²) in [5, 5.41) is 5.57. The molecule has 0 bridgehead atoms. The van der Waals surface area contributed by atoms with Crippen LogP contribution in [0, 0.1) is 17.6 Å². The van der Waals surface area contributed by atoms with E-state index in [1.807, 2.05) is 39.1 Å². The van der Waals surface area contributed by atoms with Gasteiger partial charge in [-0.3, -0.25) is 14.5 Å². The molecular formula is C36H36F2N6O3. The fourth-order valence-electron chi connectivity index (χ4n) is 6.16. The number of likely N-dealkylation sites (tertiary alicyclic amines) is 1. The quantitative estimate of drug-likeness (QED) is 0.205. The third kappa shape index (κ3) is 6.98. The SMILES string of the molecule is CC(C)(C)OC(=O)N1CCC(C(N)=O)CC1CCn1cc2c(-c3ccc(F)cc3)c(-c3ccncc3)c(-c3ccc(F)cc3)nc2n1. The summed E-state index contributed by atoms with van der Waals surface area (Å²) in [6.07, 6.45) is 6.23.